The molecular formula is C23H18FN7O. The van der Waals surface area contributed by atoms with Gasteiger partial charge in [-0.2, -0.15) is 4.98 Å². The summed E-state index contributed by atoms with van der Waals surface area (Å²) in [6.07, 6.45) is 4.88. The van der Waals surface area contributed by atoms with Crippen LogP contribution in [0.4, 0.5) is 16.0 Å². The maximum absolute atomic E-state index is 13.4. The summed E-state index contributed by atoms with van der Waals surface area (Å²) in [5, 5.41) is 10.7. The lowest BCUT2D eigenvalue weighted by Gasteiger charge is -2.27. The molecular weight excluding hydrogens is 409 g/mol. The molecule has 0 saturated carbocycles. The molecule has 1 unspecified atom stereocenters. The predicted molar refractivity (Wildman–Crippen MR) is 117 cm³/mol. The Kier molecular flexibility index (Phi) is 4.91. The summed E-state index contributed by atoms with van der Waals surface area (Å²) >= 11 is 0. The number of halogens is 1. The van der Waals surface area contributed by atoms with Crippen molar-refractivity contribution in [3.8, 4) is 11.4 Å². The quantitative estimate of drug-likeness (QED) is 0.514. The van der Waals surface area contributed by atoms with Crippen LogP contribution in [0.5, 0.6) is 0 Å². The van der Waals surface area contributed by atoms with Gasteiger partial charge in [-0.1, -0.05) is 6.07 Å². The molecule has 1 aliphatic heterocycles. The normalized spacial score (nSPS) is 15.1. The first-order chi connectivity index (χ1) is 15.6. The molecule has 158 valence electrons. The van der Waals surface area contributed by atoms with Crippen molar-refractivity contribution in [3.63, 3.8) is 0 Å². The Morgan fingerprint density at radius 2 is 1.94 bits per heavy atom. The van der Waals surface area contributed by atoms with Crippen LogP contribution in [0.15, 0.2) is 84.5 Å². The second kappa shape index (κ2) is 8.03. The molecule has 5 rings (SSSR count). The van der Waals surface area contributed by atoms with Crippen molar-refractivity contribution in [1.29, 1.82) is 0 Å². The van der Waals surface area contributed by atoms with E-state index in [1.54, 1.807) is 47.5 Å². The van der Waals surface area contributed by atoms with Gasteiger partial charge in [-0.25, -0.2) is 9.07 Å². The second-order valence-electron chi connectivity index (χ2n) is 7.23. The van der Waals surface area contributed by atoms with Gasteiger partial charge in [-0.05, 0) is 55.5 Å². The van der Waals surface area contributed by atoms with Gasteiger partial charge >= 0.3 is 0 Å². The van der Waals surface area contributed by atoms with E-state index in [1.807, 2.05) is 25.1 Å². The Morgan fingerprint density at radius 1 is 1.09 bits per heavy atom. The zero-order valence-corrected chi connectivity index (χ0v) is 17.0. The Hall–Kier alpha value is -4.40. The zero-order valence-electron chi connectivity index (χ0n) is 17.0. The van der Waals surface area contributed by atoms with Crippen LogP contribution in [0.2, 0.25) is 0 Å². The molecule has 2 N–H and O–H groups in total. The minimum Gasteiger partial charge on any atom is -0.328 e. The Balaban J connectivity index is 1.59. The van der Waals surface area contributed by atoms with Crippen molar-refractivity contribution in [1.82, 2.24) is 24.7 Å². The fourth-order valence-electron chi connectivity index (χ4n) is 3.61. The molecule has 1 aliphatic rings. The van der Waals surface area contributed by atoms with E-state index in [0.717, 1.165) is 0 Å². The minimum atomic E-state index is -0.606. The van der Waals surface area contributed by atoms with Crippen LogP contribution in [-0.2, 0) is 4.79 Å². The first-order valence-electron chi connectivity index (χ1n) is 9.93. The van der Waals surface area contributed by atoms with Crippen LogP contribution in [0.3, 0.4) is 0 Å². The van der Waals surface area contributed by atoms with E-state index < -0.39 is 6.04 Å². The molecule has 0 radical (unpaired) electrons. The molecule has 0 aliphatic carbocycles. The van der Waals surface area contributed by atoms with E-state index in [9.17, 15) is 9.18 Å². The molecule has 1 aromatic carbocycles. The SMILES string of the molecule is CC1=C(C(=O)Nc2cccnc2)C(c2ccccn2)n2nc(-c3ccc(F)cc3)nc2N1. The molecule has 0 bridgehead atoms. The summed E-state index contributed by atoms with van der Waals surface area (Å²) in [5.41, 5.74) is 2.97. The van der Waals surface area contributed by atoms with Gasteiger partial charge in [0, 0.05) is 23.7 Å². The summed E-state index contributed by atoms with van der Waals surface area (Å²) in [6.45, 7) is 1.81. The molecule has 0 saturated heterocycles. The molecule has 8 nitrogen and oxygen atoms in total. The highest BCUT2D eigenvalue weighted by molar-refractivity contribution is 6.05. The number of nitrogens with zero attached hydrogens (tertiary/aromatic N) is 5. The Labute approximate surface area is 182 Å². The maximum atomic E-state index is 13.4. The number of amides is 1. The van der Waals surface area contributed by atoms with E-state index in [0.29, 0.717) is 40.0 Å². The second-order valence-corrected chi connectivity index (χ2v) is 7.23. The van der Waals surface area contributed by atoms with Crippen molar-refractivity contribution in [3.05, 3.63) is 96.0 Å². The summed E-state index contributed by atoms with van der Waals surface area (Å²) in [4.78, 5) is 26.4. The molecule has 0 spiro atoms. The van der Waals surface area contributed by atoms with Crippen molar-refractivity contribution in [2.75, 3.05) is 10.6 Å². The first kappa shape index (κ1) is 19.6. The van der Waals surface area contributed by atoms with Crippen LogP contribution in [0, 0.1) is 5.82 Å². The highest BCUT2D eigenvalue weighted by Gasteiger charge is 2.35. The Morgan fingerprint density at radius 3 is 2.66 bits per heavy atom. The Bertz CT molecular complexity index is 1300. The number of hydrogen-bond acceptors (Lipinski definition) is 6. The molecule has 4 heterocycles. The van der Waals surface area contributed by atoms with Gasteiger partial charge in [0.2, 0.25) is 5.95 Å². The summed E-state index contributed by atoms with van der Waals surface area (Å²) in [5.74, 6) is 0.239. The lowest BCUT2D eigenvalue weighted by atomic mass is 9.98. The van der Waals surface area contributed by atoms with Gasteiger partial charge in [0.25, 0.3) is 5.91 Å². The van der Waals surface area contributed by atoms with Crippen molar-refractivity contribution in [2.24, 2.45) is 0 Å². The van der Waals surface area contributed by atoms with Crippen molar-refractivity contribution < 1.29 is 9.18 Å². The predicted octanol–water partition coefficient (Wildman–Crippen LogP) is 3.80. The molecule has 1 atom stereocenters. The number of carbonyl (C=O) groups excluding carboxylic acids is 1. The monoisotopic (exact) mass is 427 g/mol. The van der Waals surface area contributed by atoms with Crippen molar-refractivity contribution in [2.45, 2.75) is 13.0 Å². The molecule has 3 aromatic heterocycles. The van der Waals surface area contributed by atoms with E-state index in [-0.39, 0.29) is 11.7 Å². The number of benzene rings is 1. The number of fused-ring (bicyclic) bond motifs is 1. The van der Waals surface area contributed by atoms with E-state index >= 15 is 0 Å². The lowest BCUT2D eigenvalue weighted by molar-refractivity contribution is -0.113. The fraction of sp³-hybridized carbons (Fsp3) is 0.0870. The smallest absolute Gasteiger partial charge is 0.255 e. The summed E-state index contributed by atoms with van der Waals surface area (Å²) in [6, 6.07) is 14.3. The maximum Gasteiger partial charge on any atom is 0.255 e. The average molecular weight is 427 g/mol. The molecule has 32 heavy (non-hydrogen) atoms. The van der Waals surface area contributed by atoms with Gasteiger partial charge in [0.1, 0.15) is 11.9 Å². The average Bonchev–Trinajstić information content (AvgIpc) is 3.23. The van der Waals surface area contributed by atoms with Crippen LogP contribution in [0.1, 0.15) is 18.7 Å². The first-order valence-corrected chi connectivity index (χ1v) is 9.93. The van der Waals surface area contributed by atoms with Crippen LogP contribution >= 0.6 is 0 Å². The van der Waals surface area contributed by atoms with Gasteiger partial charge in [-0.15, -0.1) is 5.10 Å². The highest BCUT2D eigenvalue weighted by Crippen LogP contribution is 2.36. The molecule has 4 aromatic rings. The van der Waals surface area contributed by atoms with Crippen LogP contribution < -0.4 is 10.6 Å². The third kappa shape index (κ3) is 3.60. The standard InChI is InChI=1S/C23H18FN7O/c1-14-19(22(32)28-17-5-4-11-25-13-17)20(18-6-2-3-12-26-18)31-23(27-14)29-21(30-31)15-7-9-16(24)10-8-15/h2-13,20H,1H3,(H,28,32)(H,27,29,30). The van der Waals surface area contributed by atoms with Crippen LogP contribution in [-0.4, -0.2) is 30.6 Å². The number of pyridine rings is 2. The molecule has 0 fully saturated rings. The topological polar surface area (TPSA) is 97.6 Å². The number of rotatable bonds is 4. The van der Waals surface area contributed by atoms with E-state index in [1.165, 1.54) is 12.1 Å². The number of aromatic nitrogens is 5. The largest absolute Gasteiger partial charge is 0.328 e. The number of nitrogens with one attached hydrogen (secondary N) is 2. The lowest BCUT2D eigenvalue weighted by Crippen LogP contribution is -2.32. The summed E-state index contributed by atoms with van der Waals surface area (Å²) < 4.78 is 15.0. The van der Waals surface area contributed by atoms with Gasteiger partial charge in [0.15, 0.2) is 5.82 Å². The van der Waals surface area contributed by atoms with Gasteiger partial charge in [-0.3, -0.25) is 14.8 Å². The highest BCUT2D eigenvalue weighted by atomic mass is 19.1. The third-order valence-corrected chi connectivity index (χ3v) is 5.09. The number of allylic oxidation sites excluding steroid dienone is 1. The third-order valence-electron chi connectivity index (χ3n) is 5.09. The number of hydrogen-bond donors (Lipinski definition) is 2. The van der Waals surface area contributed by atoms with Crippen LogP contribution in [0.25, 0.3) is 11.4 Å². The van der Waals surface area contributed by atoms with Gasteiger partial charge < -0.3 is 10.6 Å². The summed E-state index contributed by atoms with van der Waals surface area (Å²) in [7, 11) is 0. The van der Waals surface area contributed by atoms with Gasteiger partial charge in [0.05, 0.1) is 23.2 Å². The molecule has 9 heteroatoms. The van der Waals surface area contributed by atoms with Crippen molar-refractivity contribution >= 4 is 17.5 Å². The number of carbonyl (C=O) groups is 1. The minimum absolute atomic E-state index is 0.303. The molecule has 1 amide bonds. The fourth-order valence-corrected chi connectivity index (χ4v) is 3.61. The van der Waals surface area contributed by atoms with E-state index in [2.05, 4.69) is 30.7 Å². The van der Waals surface area contributed by atoms with E-state index in [4.69, 9.17) is 0 Å². The number of anilines is 2. The zero-order chi connectivity index (χ0) is 22.1.